The predicted molar refractivity (Wildman–Crippen MR) is 140 cm³/mol. The van der Waals surface area contributed by atoms with Gasteiger partial charge < -0.3 is 20.3 Å². The Morgan fingerprint density at radius 3 is 2.53 bits per heavy atom. The topological polar surface area (TPSA) is 83.6 Å². The maximum atomic E-state index is 13.6. The second kappa shape index (κ2) is 12.9. The molecule has 200 valence electrons. The first kappa shape index (κ1) is 28.4. The molecule has 7 nitrogen and oxygen atoms in total. The lowest BCUT2D eigenvalue weighted by atomic mass is 10.0. The van der Waals surface area contributed by atoms with Crippen molar-refractivity contribution in [1.29, 1.82) is 0 Å². The van der Waals surface area contributed by atoms with Gasteiger partial charge in [-0.1, -0.05) is 18.2 Å². The van der Waals surface area contributed by atoms with E-state index < -0.39 is 17.6 Å². The van der Waals surface area contributed by atoms with Gasteiger partial charge in [-0.05, 0) is 81.0 Å². The van der Waals surface area contributed by atoms with Gasteiger partial charge in [0, 0.05) is 31.1 Å². The van der Waals surface area contributed by atoms with Gasteiger partial charge in [-0.3, -0.25) is 14.6 Å². The fourth-order valence-electron chi connectivity index (χ4n) is 3.62. The highest BCUT2D eigenvalue weighted by Crippen LogP contribution is 2.34. The molecule has 0 aliphatic heterocycles. The smallest absolute Gasteiger partial charge is 0.416 e. The van der Waals surface area contributed by atoms with Crippen LogP contribution in [0.5, 0.6) is 11.5 Å². The van der Waals surface area contributed by atoms with Gasteiger partial charge in [-0.15, -0.1) is 0 Å². The van der Waals surface area contributed by atoms with Crippen molar-refractivity contribution in [2.45, 2.75) is 19.0 Å². The Morgan fingerprint density at radius 1 is 1.05 bits per heavy atom. The van der Waals surface area contributed by atoms with Crippen LogP contribution in [-0.2, 0) is 17.4 Å². The van der Waals surface area contributed by atoms with E-state index in [1.807, 2.05) is 19.0 Å². The quantitative estimate of drug-likeness (QED) is 0.346. The molecule has 2 aromatic carbocycles. The van der Waals surface area contributed by atoms with Crippen molar-refractivity contribution in [3.63, 3.8) is 0 Å². The van der Waals surface area contributed by atoms with Crippen LogP contribution in [0.15, 0.2) is 66.9 Å². The molecule has 0 atom stereocenters. The summed E-state index contributed by atoms with van der Waals surface area (Å²) in [5.41, 5.74) is 0.336. The summed E-state index contributed by atoms with van der Waals surface area (Å²) in [5, 5.41) is 4.98. The lowest BCUT2D eigenvalue weighted by molar-refractivity contribution is -0.138. The highest BCUT2D eigenvalue weighted by atomic mass is 19.4. The van der Waals surface area contributed by atoms with Gasteiger partial charge in [-0.2, -0.15) is 13.2 Å². The van der Waals surface area contributed by atoms with E-state index in [2.05, 4.69) is 15.6 Å². The summed E-state index contributed by atoms with van der Waals surface area (Å²) in [4.78, 5) is 30.1. The SMILES string of the molecule is CNC(=O)c1cc(Oc2cccc(C=CC(=O)Nc3ccc(CCCN(C)C)c(C(F)(F)F)c3)c2)ccn1. The molecule has 3 aromatic rings. The summed E-state index contributed by atoms with van der Waals surface area (Å²) in [6.07, 6.45) is 0.545. The van der Waals surface area contributed by atoms with Crippen molar-refractivity contribution in [3.05, 3.63) is 89.3 Å². The zero-order valence-electron chi connectivity index (χ0n) is 21.3. The average molecular weight is 527 g/mol. The maximum Gasteiger partial charge on any atom is 0.416 e. The monoisotopic (exact) mass is 526 g/mol. The summed E-state index contributed by atoms with van der Waals surface area (Å²) in [6.45, 7) is 0.673. The molecule has 0 unspecified atom stereocenters. The van der Waals surface area contributed by atoms with E-state index in [-0.39, 0.29) is 29.3 Å². The first-order valence-corrected chi connectivity index (χ1v) is 11.8. The number of alkyl halides is 3. The van der Waals surface area contributed by atoms with Crippen LogP contribution in [0, 0.1) is 0 Å². The number of pyridine rings is 1. The number of aryl methyl sites for hydroxylation is 1. The molecule has 2 N–H and O–H groups in total. The van der Waals surface area contributed by atoms with E-state index in [0.29, 0.717) is 30.0 Å². The molecule has 0 spiro atoms. The number of rotatable bonds is 10. The van der Waals surface area contributed by atoms with Crippen LogP contribution in [0.25, 0.3) is 6.08 Å². The Labute approximate surface area is 219 Å². The van der Waals surface area contributed by atoms with Gasteiger partial charge in [-0.25, -0.2) is 0 Å². The zero-order valence-corrected chi connectivity index (χ0v) is 21.3. The van der Waals surface area contributed by atoms with Crippen LogP contribution in [-0.4, -0.2) is 49.4 Å². The van der Waals surface area contributed by atoms with Crippen molar-refractivity contribution in [2.75, 3.05) is 33.0 Å². The number of halogens is 3. The molecule has 0 radical (unpaired) electrons. The molecule has 0 fully saturated rings. The summed E-state index contributed by atoms with van der Waals surface area (Å²) >= 11 is 0. The van der Waals surface area contributed by atoms with E-state index in [0.717, 1.165) is 6.07 Å². The molecular formula is C28H29F3N4O3. The van der Waals surface area contributed by atoms with E-state index in [4.69, 9.17) is 4.74 Å². The number of hydrogen-bond acceptors (Lipinski definition) is 5. The largest absolute Gasteiger partial charge is 0.457 e. The number of ether oxygens (including phenoxy) is 1. The second-order valence-corrected chi connectivity index (χ2v) is 8.73. The number of anilines is 1. The molecule has 0 aliphatic rings. The highest BCUT2D eigenvalue weighted by Gasteiger charge is 2.33. The van der Waals surface area contributed by atoms with E-state index in [1.165, 1.54) is 43.6 Å². The number of carbonyl (C=O) groups is 2. The van der Waals surface area contributed by atoms with Crippen LogP contribution in [0.2, 0.25) is 0 Å². The first-order valence-electron chi connectivity index (χ1n) is 11.8. The minimum absolute atomic E-state index is 0.0602. The Hall–Kier alpha value is -4.18. The third-order valence-corrected chi connectivity index (χ3v) is 5.45. The predicted octanol–water partition coefficient (Wildman–Crippen LogP) is 5.40. The van der Waals surface area contributed by atoms with Crippen molar-refractivity contribution < 1.29 is 27.5 Å². The van der Waals surface area contributed by atoms with Crippen molar-refractivity contribution in [3.8, 4) is 11.5 Å². The zero-order chi connectivity index (χ0) is 27.7. The van der Waals surface area contributed by atoms with Crippen LogP contribution in [0.1, 0.15) is 33.6 Å². The molecule has 1 aromatic heterocycles. The van der Waals surface area contributed by atoms with Gasteiger partial charge in [0.2, 0.25) is 5.91 Å². The Morgan fingerprint density at radius 2 is 1.82 bits per heavy atom. The molecule has 0 saturated heterocycles. The minimum Gasteiger partial charge on any atom is -0.457 e. The van der Waals surface area contributed by atoms with Crippen LogP contribution in [0.3, 0.4) is 0 Å². The average Bonchev–Trinajstić information content (AvgIpc) is 2.87. The Bertz CT molecular complexity index is 1310. The molecule has 1 heterocycles. The third-order valence-electron chi connectivity index (χ3n) is 5.45. The van der Waals surface area contributed by atoms with Crippen molar-refractivity contribution in [2.24, 2.45) is 0 Å². The van der Waals surface area contributed by atoms with Crippen LogP contribution < -0.4 is 15.4 Å². The molecule has 3 rings (SSSR count). The fraction of sp³-hybridized carbons (Fsp3) is 0.250. The van der Waals surface area contributed by atoms with Gasteiger partial charge in [0.1, 0.15) is 17.2 Å². The number of aromatic nitrogens is 1. The van der Waals surface area contributed by atoms with E-state index in [9.17, 15) is 22.8 Å². The number of nitrogens with zero attached hydrogens (tertiary/aromatic N) is 2. The first-order chi connectivity index (χ1) is 18.0. The van der Waals surface area contributed by atoms with Crippen molar-refractivity contribution >= 4 is 23.6 Å². The molecular weight excluding hydrogens is 497 g/mol. The third kappa shape index (κ3) is 8.45. The number of benzene rings is 2. The Kier molecular flexibility index (Phi) is 9.61. The van der Waals surface area contributed by atoms with Crippen LogP contribution >= 0.6 is 0 Å². The van der Waals surface area contributed by atoms with Gasteiger partial charge in [0.05, 0.1) is 5.56 Å². The number of amides is 2. The fourth-order valence-corrected chi connectivity index (χ4v) is 3.62. The van der Waals surface area contributed by atoms with Crippen molar-refractivity contribution in [1.82, 2.24) is 15.2 Å². The standard InChI is InChI=1S/C28H29F3N4O3/c1-32-27(37)25-18-23(13-14-33-25)38-22-8-4-6-19(16-22)9-12-26(36)34-21-11-10-20(7-5-15-35(2)3)24(17-21)28(29,30)31/h4,6,8-14,16-18H,5,7,15H2,1-3H3,(H,32,37)(H,34,36). The molecule has 0 bridgehead atoms. The summed E-state index contributed by atoms with van der Waals surface area (Å²) in [5.74, 6) is -0.0574. The lowest BCUT2D eigenvalue weighted by Gasteiger charge is -2.16. The summed E-state index contributed by atoms with van der Waals surface area (Å²) in [7, 11) is 5.23. The van der Waals surface area contributed by atoms with E-state index in [1.54, 1.807) is 30.3 Å². The van der Waals surface area contributed by atoms with E-state index >= 15 is 0 Å². The number of nitrogens with one attached hydrogen (secondary N) is 2. The lowest BCUT2D eigenvalue weighted by Crippen LogP contribution is -2.18. The molecule has 0 saturated carbocycles. The maximum absolute atomic E-state index is 13.6. The van der Waals surface area contributed by atoms with Crippen LogP contribution in [0.4, 0.5) is 18.9 Å². The summed E-state index contributed by atoms with van der Waals surface area (Å²) < 4.78 is 46.7. The highest BCUT2D eigenvalue weighted by molar-refractivity contribution is 6.02. The minimum atomic E-state index is -4.53. The number of carbonyl (C=O) groups excluding carboxylic acids is 2. The molecule has 38 heavy (non-hydrogen) atoms. The second-order valence-electron chi connectivity index (χ2n) is 8.73. The molecule has 0 aliphatic carbocycles. The number of hydrogen-bond donors (Lipinski definition) is 2. The Balaban J connectivity index is 1.67. The van der Waals surface area contributed by atoms with Gasteiger partial charge >= 0.3 is 6.18 Å². The van der Waals surface area contributed by atoms with Gasteiger partial charge in [0.25, 0.3) is 5.91 Å². The van der Waals surface area contributed by atoms with Gasteiger partial charge in [0.15, 0.2) is 0 Å². The normalized spacial score (nSPS) is 11.6. The molecule has 2 amide bonds. The molecule has 10 heteroatoms. The summed E-state index contributed by atoms with van der Waals surface area (Å²) in [6, 6.07) is 13.8.